The molecule has 1 fully saturated rings. The zero-order valence-corrected chi connectivity index (χ0v) is 8.26. The number of hydrogen-bond acceptors (Lipinski definition) is 3. The Balaban J connectivity index is 2.45. The van der Waals surface area contributed by atoms with Gasteiger partial charge >= 0.3 is 0 Å². The molecule has 74 valence electrons. The molecule has 0 radical (unpaired) electrons. The molecule has 1 aliphatic rings. The summed E-state index contributed by atoms with van der Waals surface area (Å²) in [6, 6.07) is 1.32. The van der Waals surface area contributed by atoms with E-state index in [1.165, 1.54) is 0 Å². The second-order valence-electron chi connectivity index (χ2n) is 3.10. The molecule has 0 spiro atoms. The fourth-order valence-corrected chi connectivity index (χ4v) is 2.18. The Kier molecular flexibility index (Phi) is 3.25. The lowest BCUT2D eigenvalue weighted by Gasteiger charge is -2.09. The number of nitrogens with zero attached hydrogens (tertiary/aromatic N) is 1. The molecule has 1 atom stereocenters. The maximum atomic E-state index is 11.2. The largest absolute Gasteiger partial charge is 0.278 e. The Hall–Kier alpha value is -0.640. The van der Waals surface area contributed by atoms with Crippen molar-refractivity contribution in [2.45, 2.75) is 38.3 Å². The maximum absolute atomic E-state index is 11.2. The van der Waals surface area contributed by atoms with Crippen LogP contribution in [-0.2, 0) is 10.2 Å². The first-order chi connectivity index (χ1) is 6.07. The van der Waals surface area contributed by atoms with Crippen molar-refractivity contribution in [2.24, 2.45) is 0 Å². The first-order valence-corrected chi connectivity index (χ1v) is 5.75. The second kappa shape index (κ2) is 4.05. The molecule has 0 aromatic rings. The van der Waals surface area contributed by atoms with Gasteiger partial charge in [0.05, 0.1) is 6.07 Å². The molecule has 0 saturated heterocycles. The highest BCUT2D eigenvalue weighted by molar-refractivity contribution is 7.87. The van der Waals surface area contributed by atoms with E-state index in [1.54, 1.807) is 6.92 Å². The standard InChI is InChI=1S/C7H13N3O2S/c1-2-6(5-8)9-13(11,12)10-7-3-4-7/h6-7,9-10H,2-4H2,1H3. The summed E-state index contributed by atoms with van der Waals surface area (Å²) in [7, 11) is -3.46. The third-order valence-electron chi connectivity index (χ3n) is 1.76. The van der Waals surface area contributed by atoms with Gasteiger partial charge in [0.1, 0.15) is 6.04 Å². The second-order valence-corrected chi connectivity index (χ2v) is 4.58. The van der Waals surface area contributed by atoms with E-state index in [2.05, 4.69) is 9.44 Å². The van der Waals surface area contributed by atoms with Crippen LogP contribution in [0.25, 0.3) is 0 Å². The predicted octanol–water partition coefficient (Wildman–Crippen LogP) is -0.125. The lowest BCUT2D eigenvalue weighted by molar-refractivity contribution is 0.554. The van der Waals surface area contributed by atoms with Crippen molar-refractivity contribution in [3.8, 4) is 6.07 Å². The van der Waals surface area contributed by atoms with Gasteiger partial charge in [-0.05, 0) is 19.3 Å². The summed E-state index contributed by atoms with van der Waals surface area (Å²) in [5.41, 5.74) is 0. The van der Waals surface area contributed by atoms with E-state index >= 15 is 0 Å². The Morgan fingerprint density at radius 3 is 2.62 bits per heavy atom. The molecule has 5 nitrogen and oxygen atoms in total. The van der Waals surface area contributed by atoms with Crippen molar-refractivity contribution in [1.82, 2.24) is 9.44 Å². The number of nitrogens with one attached hydrogen (secondary N) is 2. The molecule has 0 heterocycles. The molecule has 0 bridgehead atoms. The van der Waals surface area contributed by atoms with Gasteiger partial charge in [-0.3, -0.25) is 0 Å². The average Bonchev–Trinajstić information content (AvgIpc) is 2.83. The van der Waals surface area contributed by atoms with Gasteiger partial charge in [0.15, 0.2) is 0 Å². The Morgan fingerprint density at radius 1 is 1.62 bits per heavy atom. The van der Waals surface area contributed by atoms with Crippen LogP contribution in [0.3, 0.4) is 0 Å². The lowest BCUT2D eigenvalue weighted by atomic mass is 10.3. The van der Waals surface area contributed by atoms with Gasteiger partial charge in [-0.15, -0.1) is 0 Å². The van der Waals surface area contributed by atoms with Crippen LogP contribution in [0.2, 0.25) is 0 Å². The van der Waals surface area contributed by atoms with E-state index < -0.39 is 16.3 Å². The van der Waals surface area contributed by atoms with Crippen LogP contribution in [0.1, 0.15) is 26.2 Å². The van der Waals surface area contributed by atoms with Gasteiger partial charge < -0.3 is 0 Å². The van der Waals surface area contributed by atoms with E-state index in [1.807, 2.05) is 6.07 Å². The third-order valence-corrected chi connectivity index (χ3v) is 3.00. The van der Waals surface area contributed by atoms with Gasteiger partial charge in [0.25, 0.3) is 10.2 Å². The fraction of sp³-hybridized carbons (Fsp3) is 0.857. The predicted molar refractivity (Wildman–Crippen MR) is 47.9 cm³/mol. The smallest absolute Gasteiger partial charge is 0.199 e. The van der Waals surface area contributed by atoms with Crippen LogP contribution in [0.4, 0.5) is 0 Å². The molecule has 1 unspecified atom stereocenters. The van der Waals surface area contributed by atoms with Crippen LogP contribution in [-0.4, -0.2) is 20.5 Å². The van der Waals surface area contributed by atoms with Crippen LogP contribution >= 0.6 is 0 Å². The molecule has 1 rings (SSSR count). The first kappa shape index (κ1) is 10.4. The van der Waals surface area contributed by atoms with Crippen molar-refractivity contribution >= 4 is 10.2 Å². The van der Waals surface area contributed by atoms with Crippen LogP contribution < -0.4 is 9.44 Å². The monoisotopic (exact) mass is 203 g/mol. The molecule has 1 aliphatic carbocycles. The summed E-state index contributed by atoms with van der Waals surface area (Å²) in [4.78, 5) is 0. The van der Waals surface area contributed by atoms with E-state index in [-0.39, 0.29) is 6.04 Å². The quantitative estimate of drug-likeness (QED) is 0.653. The number of rotatable bonds is 5. The summed E-state index contributed by atoms with van der Waals surface area (Å²) in [6.07, 6.45) is 2.26. The maximum Gasteiger partial charge on any atom is 0.278 e. The van der Waals surface area contributed by atoms with E-state index in [0.29, 0.717) is 6.42 Å². The molecule has 1 saturated carbocycles. The molecular formula is C7H13N3O2S. The van der Waals surface area contributed by atoms with Crippen LogP contribution in [0.5, 0.6) is 0 Å². The van der Waals surface area contributed by atoms with E-state index in [4.69, 9.17) is 5.26 Å². The summed E-state index contributed by atoms with van der Waals surface area (Å²) in [6.45, 7) is 1.76. The Labute approximate surface area is 78.3 Å². The zero-order valence-electron chi connectivity index (χ0n) is 7.45. The van der Waals surface area contributed by atoms with Gasteiger partial charge in [0.2, 0.25) is 0 Å². The van der Waals surface area contributed by atoms with Crippen molar-refractivity contribution in [1.29, 1.82) is 5.26 Å². The minimum atomic E-state index is -3.46. The summed E-state index contributed by atoms with van der Waals surface area (Å²) in [5, 5.41) is 8.53. The molecule has 13 heavy (non-hydrogen) atoms. The van der Waals surface area contributed by atoms with Gasteiger partial charge in [-0.25, -0.2) is 0 Å². The summed E-state index contributed by atoms with van der Waals surface area (Å²) in [5.74, 6) is 0. The fourth-order valence-electron chi connectivity index (χ4n) is 0.843. The van der Waals surface area contributed by atoms with Crippen LogP contribution in [0, 0.1) is 11.3 Å². The van der Waals surface area contributed by atoms with Crippen molar-refractivity contribution in [3.63, 3.8) is 0 Å². The topological polar surface area (TPSA) is 82.0 Å². The molecule has 2 N–H and O–H groups in total. The SMILES string of the molecule is CCC(C#N)NS(=O)(=O)NC1CC1. The summed E-state index contributed by atoms with van der Waals surface area (Å²) >= 11 is 0. The van der Waals surface area contributed by atoms with Crippen molar-refractivity contribution < 1.29 is 8.42 Å². The van der Waals surface area contributed by atoms with E-state index in [0.717, 1.165) is 12.8 Å². The number of hydrogen-bond donors (Lipinski definition) is 2. The van der Waals surface area contributed by atoms with Gasteiger partial charge in [-0.1, -0.05) is 6.92 Å². The minimum absolute atomic E-state index is 0.0775. The average molecular weight is 203 g/mol. The molecule has 6 heteroatoms. The highest BCUT2D eigenvalue weighted by Crippen LogP contribution is 2.19. The number of nitriles is 1. The Morgan fingerprint density at radius 2 is 2.23 bits per heavy atom. The van der Waals surface area contributed by atoms with Gasteiger partial charge in [0, 0.05) is 6.04 Å². The molecule has 0 aromatic carbocycles. The molecule has 0 aliphatic heterocycles. The molecular weight excluding hydrogens is 190 g/mol. The minimum Gasteiger partial charge on any atom is -0.199 e. The normalized spacial score (nSPS) is 19.4. The van der Waals surface area contributed by atoms with Crippen molar-refractivity contribution in [3.05, 3.63) is 0 Å². The Bertz CT molecular complexity index is 302. The lowest BCUT2D eigenvalue weighted by Crippen LogP contribution is -2.42. The molecule has 0 aromatic heterocycles. The summed E-state index contributed by atoms with van der Waals surface area (Å²) < 4.78 is 27.2. The van der Waals surface area contributed by atoms with Crippen molar-refractivity contribution in [2.75, 3.05) is 0 Å². The highest BCUT2D eigenvalue weighted by atomic mass is 32.2. The first-order valence-electron chi connectivity index (χ1n) is 4.26. The van der Waals surface area contributed by atoms with E-state index in [9.17, 15) is 8.42 Å². The van der Waals surface area contributed by atoms with Gasteiger partial charge in [-0.2, -0.15) is 23.1 Å². The third kappa shape index (κ3) is 3.72. The zero-order chi connectivity index (χ0) is 9.90. The molecule has 0 amide bonds. The van der Waals surface area contributed by atoms with Crippen LogP contribution in [0.15, 0.2) is 0 Å². The highest BCUT2D eigenvalue weighted by Gasteiger charge is 2.27.